The molecule has 4 rings (SSSR count). The lowest BCUT2D eigenvalue weighted by Crippen LogP contribution is -2.15. The minimum Gasteiger partial charge on any atom is -0.305 e. The zero-order valence-corrected chi connectivity index (χ0v) is 16.3. The van der Waals surface area contributed by atoms with E-state index in [2.05, 4.69) is 45.8 Å². The second kappa shape index (κ2) is 7.31. The van der Waals surface area contributed by atoms with Gasteiger partial charge in [0.1, 0.15) is 0 Å². The fourth-order valence-electron chi connectivity index (χ4n) is 3.63. The van der Waals surface area contributed by atoms with Gasteiger partial charge in [0.2, 0.25) is 0 Å². The van der Waals surface area contributed by atoms with Crippen molar-refractivity contribution >= 4 is 22.5 Å². The molecule has 0 aliphatic rings. The van der Waals surface area contributed by atoms with Crippen LogP contribution in [0.3, 0.4) is 0 Å². The molecule has 6 heteroatoms. The molecule has 0 unspecified atom stereocenters. The van der Waals surface area contributed by atoms with Crippen LogP contribution in [0.5, 0.6) is 0 Å². The lowest BCUT2D eigenvalue weighted by molar-refractivity contribution is 0.102. The Hall–Kier alpha value is -3.41. The maximum atomic E-state index is 12.7. The number of aryl methyl sites for hydroxylation is 2. The van der Waals surface area contributed by atoms with Gasteiger partial charge in [-0.05, 0) is 37.1 Å². The average molecular weight is 373 g/mol. The third kappa shape index (κ3) is 3.29. The zero-order valence-electron chi connectivity index (χ0n) is 16.3. The molecule has 1 N–H and O–H groups in total. The summed E-state index contributed by atoms with van der Waals surface area (Å²) in [6, 6.07) is 16.4. The molecule has 0 bridgehead atoms. The lowest BCUT2D eigenvalue weighted by atomic mass is 10.0. The van der Waals surface area contributed by atoms with E-state index >= 15 is 0 Å². The van der Waals surface area contributed by atoms with E-state index < -0.39 is 0 Å². The van der Waals surface area contributed by atoms with Crippen molar-refractivity contribution in [1.29, 1.82) is 0 Å². The highest BCUT2D eigenvalue weighted by atomic mass is 16.1. The van der Waals surface area contributed by atoms with Crippen LogP contribution in [0.2, 0.25) is 0 Å². The fourth-order valence-corrected chi connectivity index (χ4v) is 3.63. The largest absolute Gasteiger partial charge is 0.305 e. The van der Waals surface area contributed by atoms with Crippen LogP contribution < -0.4 is 5.32 Å². The summed E-state index contributed by atoms with van der Waals surface area (Å²) in [7, 11) is 0. The van der Waals surface area contributed by atoms with Gasteiger partial charge in [0, 0.05) is 24.5 Å². The third-order valence-electron chi connectivity index (χ3n) is 5.00. The molecule has 0 spiro atoms. The molecule has 0 aliphatic heterocycles. The van der Waals surface area contributed by atoms with E-state index in [-0.39, 0.29) is 5.91 Å². The quantitative estimate of drug-likeness (QED) is 0.571. The first-order chi connectivity index (χ1) is 13.6. The van der Waals surface area contributed by atoms with Crippen molar-refractivity contribution in [2.75, 3.05) is 5.32 Å². The monoisotopic (exact) mass is 373 g/mol. The zero-order chi connectivity index (χ0) is 19.7. The number of amides is 1. The number of benzene rings is 2. The molecule has 0 saturated heterocycles. The number of fused-ring (bicyclic) bond motifs is 1. The van der Waals surface area contributed by atoms with E-state index in [1.54, 1.807) is 0 Å². The number of nitrogens with zero attached hydrogens (tertiary/aromatic N) is 4. The van der Waals surface area contributed by atoms with Crippen molar-refractivity contribution in [3.8, 4) is 0 Å². The van der Waals surface area contributed by atoms with Gasteiger partial charge in [-0.3, -0.25) is 14.2 Å². The standard InChI is InChI=1S/C22H23N5O/c1-4-27-16(3)21(15(2)24-27)22(28)23-20-12-13-26(25-20)14-18-10-7-9-17-8-5-6-11-19(17)18/h5-13H,4,14H2,1-3H3,(H,23,25,28). The molecule has 2 aromatic carbocycles. The minimum absolute atomic E-state index is 0.176. The summed E-state index contributed by atoms with van der Waals surface area (Å²) in [6.45, 7) is 7.16. The summed E-state index contributed by atoms with van der Waals surface area (Å²) in [6.07, 6.45) is 1.88. The molecule has 142 valence electrons. The van der Waals surface area contributed by atoms with E-state index in [1.165, 1.54) is 16.3 Å². The van der Waals surface area contributed by atoms with Gasteiger partial charge in [-0.2, -0.15) is 10.2 Å². The maximum Gasteiger partial charge on any atom is 0.260 e. The van der Waals surface area contributed by atoms with Crippen LogP contribution in [0.25, 0.3) is 10.8 Å². The number of aromatic nitrogens is 4. The molecule has 4 aromatic rings. The summed E-state index contributed by atoms with van der Waals surface area (Å²) in [5.41, 5.74) is 3.40. The average Bonchev–Trinajstić information content (AvgIpc) is 3.25. The number of hydrogen-bond donors (Lipinski definition) is 1. The number of carbonyl (C=O) groups is 1. The number of carbonyl (C=O) groups excluding carboxylic acids is 1. The molecule has 0 aliphatic carbocycles. The Morgan fingerprint density at radius 2 is 1.82 bits per heavy atom. The molecule has 0 radical (unpaired) electrons. The third-order valence-corrected chi connectivity index (χ3v) is 5.00. The summed E-state index contributed by atoms with van der Waals surface area (Å²) < 4.78 is 3.68. The van der Waals surface area contributed by atoms with Crippen LogP contribution in [0, 0.1) is 13.8 Å². The molecule has 0 atom stereocenters. The van der Waals surface area contributed by atoms with Gasteiger partial charge in [0.05, 0.1) is 17.8 Å². The molecular weight excluding hydrogens is 350 g/mol. The van der Waals surface area contributed by atoms with Crippen LogP contribution in [-0.4, -0.2) is 25.5 Å². The minimum atomic E-state index is -0.176. The first kappa shape index (κ1) is 18.0. The number of rotatable bonds is 5. The molecule has 0 saturated carbocycles. The van der Waals surface area contributed by atoms with E-state index in [9.17, 15) is 4.79 Å². The van der Waals surface area contributed by atoms with Crippen LogP contribution in [-0.2, 0) is 13.1 Å². The summed E-state index contributed by atoms with van der Waals surface area (Å²) in [4.78, 5) is 12.7. The molecule has 2 heterocycles. The Balaban J connectivity index is 1.53. The van der Waals surface area contributed by atoms with Crippen molar-refractivity contribution in [3.05, 3.63) is 77.2 Å². The van der Waals surface area contributed by atoms with E-state index in [0.717, 1.165) is 17.9 Å². The van der Waals surface area contributed by atoms with Crippen molar-refractivity contribution in [1.82, 2.24) is 19.6 Å². The number of hydrogen-bond acceptors (Lipinski definition) is 3. The lowest BCUT2D eigenvalue weighted by Gasteiger charge is -2.07. The molecule has 28 heavy (non-hydrogen) atoms. The summed E-state index contributed by atoms with van der Waals surface area (Å²) in [5, 5.41) is 14.2. The first-order valence-corrected chi connectivity index (χ1v) is 9.42. The van der Waals surface area contributed by atoms with Crippen LogP contribution >= 0.6 is 0 Å². The number of nitrogens with one attached hydrogen (secondary N) is 1. The number of anilines is 1. The predicted octanol–water partition coefficient (Wildman–Crippen LogP) is 4.17. The van der Waals surface area contributed by atoms with Crippen LogP contribution in [0.4, 0.5) is 5.82 Å². The SMILES string of the molecule is CCn1nc(C)c(C(=O)Nc2ccn(Cc3cccc4ccccc34)n2)c1C. The molecule has 1 amide bonds. The van der Waals surface area contributed by atoms with Gasteiger partial charge in [-0.25, -0.2) is 0 Å². The summed E-state index contributed by atoms with van der Waals surface area (Å²) in [5.74, 6) is 0.360. The normalized spacial score (nSPS) is 11.1. The van der Waals surface area contributed by atoms with Crippen molar-refractivity contribution in [3.63, 3.8) is 0 Å². The molecular formula is C22H23N5O. The second-order valence-corrected chi connectivity index (χ2v) is 6.85. The molecule has 2 aromatic heterocycles. The van der Waals surface area contributed by atoms with Gasteiger partial charge < -0.3 is 5.32 Å². The topological polar surface area (TPSA) is 64.7 Å². The Morgan fingerprint density at radius 3 is 2.61 bits per heavy atom. The van der Waals surface area contributed by atoms with Crippen LogP contribution in [0.15, 0.2) is 54.7 Å². The fraction of sp³-hybridized carbons (Fsp3) is 0.227. The first-order valence-electron chi connectivity index (χ1n) is 9.42. The predicted molar refractivity (Wildman–Crippen MR) is 111 cm³/mol. The highest BCUT2D eigenvalue weighted by molar-refractivity contribution is 6.05. The van der Waals surface area contributed by atoms with Gasteiger partial charge in [0.15, 0.2) is 5.82 Å². The van der Waals surface area contributed by atoms with Crippen molar-refractivity contribution < 1.29 is 4.79 Å². The smallest absolute Gasteiger partial charge is 0.260 e. The Bertz CT molecular complexity index is 1150. The maximum absolute atomic E-state index is 12.7. The van der Waals surface area contributed by atoms with Gasteiger partial charge >= 0.3 is 0 Å². The van der Waals surface area contributed by atoms with E-state index in [1.807, 2.05) is 54.5 Å². The van der Waals surface area contributed by atoms with Crippen molar-refractivity contribution in [2.24, 2.45) is 0 Å². The van der Waals surface area contributed by atoms with Gasteiger partial charge in [-0.15, -0.1) is 0 Å². The highest BCUT2D eigenvalue weighted by Gasteiger charge is 2.19. The summed E-state index contributed by atoms with van der Waals surface area (Å²) >= 11 is 0. The van der Waals surface area contributed by atoms with Gasteiger partial charge in [0.25, 0.3) is 5.91 Å². The Morgan fingerprint density at radius 1 is 1.04 bits per heavy atom. The Labute approximate surface area is 163 Å². The molecule has 0 fully saturated rings. The Kier molecular flexibility index (Phi) is 4.69. The van der Waals surface area contributed by atoms with Crippen LogP contribution in [0.1, 0.15) is 34.2 Å². The highest BCUT2D eigenvalue weighted by Crippen LogP contribution is 2.20. The molecule has 6 nitrogen and oxygen atoms in total. The van der Waals surface area contributed by atoms with Crippen molar-refractivity contribution in [2.45, 2.75) is 33.9 Å². The second-order valence-electron chi connectivity index (χ2n) is 6.85. The van der Waals surface area contributed by atoms with E-state index in [0.29, 0.717) is 17.9 Å². The van der Waals surface area contributed by atoms with E-state index in [4.69, 9.17) is 0 Å². The van der Waals surface area contributed by atoms with Gasteiger partial charge in [-0.1, -0.05) is 42.5 Å².